The molecule has 2 aromatic rings. The fraction of sp³-hybridized carbons (Fsp3) is 0.308. The van der Waals surface area contributed by atoms with Crippen molar-refractivity contribution in [2.24, 2.45) is 0 Å². The first kappa shape index (κ1) is 9.91. The number of pyridine rings is 1. The third kappa shape index (κ3) is 1.74. The third-order valence-electron chi connectivity index (χ3n) is 3.17. The maximum atomic E-state index is 5.95. The molecular weight excluding hydrogens is 220 g/mol. The van der Waals surface area contributed by atoms with E-state index >= 15 is 0 Å². The molecule has 1 N–H and O–H groups in total. The smallest absolute Gasteiger partial charge is 0.0737 e. The molecule has 0 aliphatic heterocycles. The minimum atomic E-state index is 0.640. The van der Waals surface area contributed by atoms with Crippen molar-refractivity contribution in [1.82, 2.24) is 4.98 Å². The van der Waals surface area contributed by atoms with Gasteiger partial charge in [-0.05, 0) is 43.5 Å². The average molecular weight is 233 g/mol. The topological polar surface area (TPSA) is 24.9 Å². The van der Waals surface area contributed by atoms with Gasteiger partial charge in [0.15, 0.2) is 0 Å². The number of aromatic nitrogens is 1. The van der Waals surface area contributed by atoms with E-state index in [9.17, 15) is 0 Å². The number of halogens is 1. The summed E-state index contributed by atoms with van der Waals surface area (Å²) in [6.45, 7) is 0. The molecule has 16 heavy (non-hydrogen) atoms. The average Bonchev–Trinajstić information content (AvgIpc) is 2.23. The highest BCUT2D eigenvalue weighted by molar-refractivity contribution is 6.31. The second-order valence-electron chi connectivity index (χ2n) is 4.29. The number of hydrogen-bond donors (Lipinski definition) is 1. The predicted octanol–water partition coefficient (Wildman–Crippen LogP) is 3.85. The first-order chi connectivity index (χ1) is 7.83. The van der Waals surface area contributed by atoms with Gasteiger partial charge in [-0.25, -0.2) is 0 Å². The number of hydrogen-bond acceptors (Lipinski definition) is 2. The Hall–Kier alpha value is -1.28. The molecule has 1 aromatic heterocycles. The lowest BCUT2D eigenvalue weighted by molar-refractivity contribution is 0.446. The minimum absolute atomic E-state index is 0.640. The molecule has 0 unspecified atom stereocenters. The highest BCUT2D eigenvalue weighted by Crippen LogP contribution is 2.28. The van der Waals surface area contributed by atoms with Crippen LogP contribution in [0.3, 0.4) is 0 Å². The van der Waals surface area contributed by atoms with Crippen LogP contribution in [0, 0.1) is 0 Å². The van der Waals surface area contributed by atoms with E-state index in [2.05, 4.69) is 10.3 Å². The van der Waals surface area contributed by atoms with Crippen LogP contribution >= 0.6 is 11.6 Å². The van der Waals surface area contributed by atoms with Crippen molar-refractivity contribution in [3.05, 3.63) is 35.5 Å². The van der Waals surface area contributed by atoms with E-state index in [0.717, 1.165) is 15.9 Å². The molecule has 1 aliphatic rings. The summed E-state index contributed by atoms with van der Waals surface area (Å²) in [5, 5.41) is 5.45. The SMILES string of the molecule is Clc1ccc2c(NC3CCC3)ccnc2c1. The lowest BCUT2D eigenvalue weighted by Crippen LogP contribution is -2.27. The normalized spacial score (nSPS) is 16.1. The van der Waals surface area contributed by atoms with Gasteiger partial charge in [-0.2, -0.15) is 0 Å². The van der Waals surface area contributed by atoms with Crippen LogP contribution in [-0.4, -0.2) is 11.0 Å². The number of nitrogens with one attached hydrogen (secondary N) is 1. The van der Waals surface area contributed by atoms with Crippen LogP contribution < -0.4 is 5.32 Å². The van der Waals surface area contributed by atoms with Crippen LogP contribution in [0.2, 0.25) is 5.02 Å². The first-order valence-corrected chi connectivity index (χ1v) is 6.01. The molecule has 0 radical (unpaired) electrons. The van der Waals surface area contributed by atoms with Crippen molar-refractivity contribution < 1.29 is 0 Å². The van der Waals surface area contributed by atoms with Crippen molar-refractivity contribution >= 4 is 28.2 Å². The number of anilines is 1. The van der Waals surface area contributed by atoms with E-state index < -0.39 is 0 Å². The minimum Gasteiger partial charge on any atom is -0.382 e. The molecule has 1 aromatic carbocycles. The Morgan fingerprint density at radius 2 is 2.12 bits per heavy atom. The molecular formula is C13H13ClN2. The van der Waals surface area contributed by atoms with Crippen molar-refractivity contribution in [2.75, 3.05) is 5.32 Å². The van der Waals surface area contributed by atoms with Gasteiger partial charge in [-0.3, -0.25) is 4.98 Å². The molecule has 3 rings (SSSR count). The zero-order valence-electron chi connectivity index (χ0n) is 8.91. The standard InChI is InChI=1S/C13H13ClN2/c14-9-4-5-11-12(16-10-2-1-3-10)6-7-15-13(11)8-9/h4-8,10H,1-3H2,(H,15,16). The van der Waals surface area contributed by atoms with Gasteiger partial charge in [0.2, 0.25) is 0 Å². The quantitative estimate of drug-likeness (QED) is 0.851. The molecule has 1 heterocycles. The highest BCUT2D eigenvalue weighted by Gasteiger charge is 2.17. The summed E-state index contributed by atoms with van der Waals surface area (Å²) in [7, 11) is 0. The largest absolute Gasteiger partial charge is 0.382 e. The number of nitrogens with zero attached hydrogens (tertiary/aromatic N) is 1. The first-order valence-electron chi connectivity index (χ1n) is 5.64. The Balaban J connectivity index is 2.02. The fourth-order valence-electron chi connectivity index (χ4n) is 2.02. The van der Waals surface area contributed by atoms with Crippen molar-refractivity contribution in [3.63, 3.8) is 0 Å². The second-order valence-corrected chi connectivity index (χ2v) is 4.73. The summed E-state index contributed by atoms with van der Waals surface area (Å²) in [5.74, 6) is 0. The van der Waals surface area contributed by atoms with E-state index in [4.69, 9.17) is 11.6 Å². The predicted molar refractivity (Wildman–Crippen MR) is 68.0 cm³/mol. The van der Waals surface area contributed by atoms with Gasteiger partial charge in [-0.1, -0.05) is 11.6 Å². The molecule has 1 fully saturated rings. The molecule has 82 valence electrons. The van der Waals surface area contributed by atoms with Gasteiger partial charge in [0, 0.05) is 28.3 Å². The van der Waals surface area contributed by atoms with E-state index in [-0.39, 0.29) is 0 Å². The molecule has 1 aliphatic carbocycles. The lowest BCUT2D eigenvalue weighted by atomic mass is 9.93. The summed E-state index contributed by atoms with van der Waals surface area (Å²) >= 11 is 5.95. The zero-order chi connectivity index (χ0) is 11.0. The Bertz CT molecular complexity index is 520. The Morgan fingerprint density at radius 1 is 1.25 bits per heavy atom. The van der Waals surface area contributed by atoms with Crippen LogP contribution in [0.25, 0.3) is 10.9 Å². The molecule has 2 nitrogen and oxygen atoms in total. The molecule has 0 bridgehead atoms. The fourth-order valence-corrected chi connectivity index (χ4v) is 2.19. The van der Waals surface area contributed by atoms with Crippen LogP contribution in [0.1, 0.15) is 19.3 Å². The summed E-state index contributed by atoms with van der Waals surface area (Å²) < 4.78 is 0. The lowest BCUT2D eigenvalue weighted by Gasteiger charge is -2.28. The Labute approximate surface area is 99.6 Å². The van der Waals surface area contributed by atoms with E-state index in [1.165, 1.54) is 24.9 Å². The highest BCUT2D eigenvalue weighted by atomic mass is 35.5. The van der Waals surface area contributed by atoms with Gasteiger partial charge in [0.25, 0.3) is 0 Å². The van der Waals surface area contributed by atoms with Crippen molar-refractivity contribution in [2.45, 2.75) is 25.3 Å². The molecule has 1 saturated carbocycles. The number of fused-ring (bicyclic) bond motifs is 1. The Kier molecular flexibility index (Phi) is 2.44. The number of rotatable bonds is 2. The molecule has 0 amide bonds. The molecule has 0 atom stereocenters. The van der Waals surface area contributed by atoms with Crippen LogP contribution in [-0.2, 0) is 0 Å². The van der Waals surface area contributed by atoms with Crippen LogP contribution in [0.15, 0.2) is 30.5 Å². The summed E-state index contributed by atoms with van der Waals surface area (Å²) in [6.07, 6.45) is 5.72. The van der Waals surface area contributed by atoms with Gasteiger partial charge in [-0.15, -0.1) is 0 Å². The van der Waals surface area contributed by atoms with Gasteiger partial charge in [0.1, 0.15) is 0 Å². The van der Waals surface area contributed by atoms with E-state index in [1.807, 2.05) is 30.5 Å². The van der Waals surface area contributed by atoms with Gasteiger partial charge in [0.05, 0.1) is 5.52 Å². The monoisotopic (exact) mass is 232 g/mol. The van der Waals surface area contributed by atoms with Crippen molar-refractivity contribution in [1.29, 1.82) is 0 Å². The summed E-state index contributed by atoms with van der Waals surface area (Å²) in [6, 6.07) is 8.53. The van der Waals surface area contributed by atoms with Gasteiger partial charge >= 0.3 is 0 Å². The summed E-state index contributed by atoms with van der Waals surface area (Å²) in [5.41, 5.74) is 2.13. The molecule has 0 saturated heterocycles. The summed E-state index contributed by atoms with van der Waals surface area (Å²) in [4.78, 5) is 4.33. The van der Waals surface area contributed by atoms with Crippen LogP contribution in [0.5, 0.6) is 0 Å². The maximum Gasteiger partial charge on any atom is 0.0737 e. The zero-order valence-corrected chi connectivity index (χ0v) is 9.67. The molecule has 0 spiro atoms. The van der Waals surface area contributed by atoms with Crippen molar-refractivity contribution in [3.8, 4) is 0 Å². The third-order valence-corrected chi connectivity index (χ3v) is 3.40. The van der Waals surface area contributed by atoms with Gasteiger partial charge < -0.3 is 5.32 Å². The van der Waals surface area contributed by atoms with E-state index in [0.29, 0.717) is 6.04 Å². The second kappa shape index (κ2) is 3.95. The maximum absolute atomic E-state index is 5.95. The Morgan fingerprint density at radius 3 is 2.88 bits per heavy atom. The number of benzene rings is 1. The molecule has 3 heteroatoms. The van der Waals surface area contributed by atoms with E-state index in [1.54, 1.807) is 0 Å². The van der Waals surface area contributed by atoms with Crippen LogP contribution in [0.4, 0.5) is 5.69 Å².